The fourth-order valence-electron chi connectivity index (χ4n) is 7.00. The van der Waals surface area contributed by atoms with Crippen LogP contribution in [0.15, 0.2) is 46.0 Å². The third kappa shape index (κ3) is 9.04. The summed E-state index contributed by atoms with van der Waals surface area (Å²) >= 11 is 15.0. The normalized spacial score (nSPS) is 20.8. The molecule has 13 heteroatoms. The second-order valence-electron chi connectivity index (χ2n) is 12.5. The lowest BCUT2D eigenvalue weighted by atomic mass is 9.74. The van der Waals surface area contributed by atoms with Crippen molar-refractivity contribution in [2.75, 3.05) is 66.6 Å². The number of benzene rings is 1. The lowest BCUT2D eigenvalue weighted by Gasteiger charge is -2.36. The van der Waals surface area contributed by atoms with Gasteiger partial charge in [0.05, 0.1) is 36.9 Å². The molecule has 5 rings (SSSR count). The number of unbranched alkanes of at least 4 members (excludes halogenated alkanes) is 1. The predicted molar refractivity (Wildman–Crippen MR) is 189 cm³/mol. The molecule has 2 atom stereocenters. The Morgan fingerprint density at radius 2 is 1.56 bits per heavy atom. The first-order valence-corrected chi connectivity index (χ1v) is 18.5. The van der Waals surface area contributed by atoms with E-state index in [1.54, 1.807) is 24.4 Å². The van der Waals surface area contributed by atoms with Crippen LogP contribution in [0.4, 0.5) is 0 Å². The van der Waals surface area contributed by atoms with Crippen LogP contribution in [-0.2, 0) is 30.3 Å². The Morgan fingerprint density at radius 1 is 0.896 bits per heavy atom. The van der Waals surface area contributed by atoms with Gasteiger partial charge in [0.25, 0.3) is 0 Å². The van der Waals surface area contributed by atoms with E-state index in [9.17, 15) is 14.4 Å². The van der Waals surface area contributed by atoms with Crippen LogP contribution in [0.1, 0.15) is 61.4 Å². The van der Waals surface area contributed by atoms with Gasteiger partial charge in [-0.25, -0.2) is 9.78 Å². The van der Waals surface area contributed by atoms with E-state index in [1.807, 2.05) is 10.3 Å². The maximum absolute atomic E-state index is 13.9. The second kappa shape index (κ2) is 17.7. The highest BCUT2D eigenvalue weighted by Gasteiger charge is 2.46. The number of carbonyl (C=O) groups is 3. The summed E-state index contributed by atoms with van der Waals surface area (Å²) in [6.07, 6.45) is 8.78. The number of aromatic nitrogens is 1. The third-order valence-electron chi connectivity index (χ3n) is 9.53. The number of aryl methyl sites for hydroxylation is 1. The van der Waals surface area contributed by atoms with Crippen LogP contribution in [0.25, 0.3) is 0 Å². The SMILES string of the molecule is COC(=O)C1=C(CC(=O)N2CCN(CCCCN3CCCCC3)CC2)N=C(CCc2nccs2)C(C(=O)OC)C1c1c(Cl)cccc1Cl. The molecule has 48 heavy (non-hydrogen) atoms. The molecule has 0 spiro atoms. The zero-order valence-corrected chi connectivity index (χ0v) is 30.1. The van der Waals surface area contributed by atoms with Gasteiger partial charge in [-0.05, 0) is 76.0 Å². The van der Waals surface area contributed by atoms with Gasteiger partial charge < -0.3 is 19.3 Å². The first kappa shape index (κ1) is 36.5. The van der Waals surface area contributed by atoms with Crippen molar-refractivity contribution in [2.24, 2.45) is 10.9 Å². The van der Waals surface area contributed by atoms with Crippen LogP contribution in [0.5, 0.6) is 0 Å². The van der Waals surface area contributed by atoms with E-state index in [2.05, 4.69) is 14.8 Å². The number of piperazine rings is 1. The van der Waals surface area contributed by atoms with E-state index in [-0.39, 0.29) is 33.6 Å². The number of aliphatic imine (C=N–C) groups is 1. The average Bonchev–Trinajstić information content (AvgIpc) is 3.63. The summed E-state index contributed by atoms with van der Waals surface area (Å²) in [6, 6.07) is 5.01. The lowest BCUT2D eigenvalue weighted by molar-refractivity contribution is -0.143. The van der Waals surface area contributed by atoms with Crippen LogP contribution in [-0.4, -0.2) is 110 Å². The quantitative estimate of drug-likeness (QED) is 0.194. The van der Waals surface area contributed by atoms with Crippen LogP contribution >= 0.6 is 34.5 Å². The number of nitrogens with zero attached hydrogens (tertiary/aromatic N) is 5. The molecule has 1 aromatic heterocycles. The first-order valence-electron chi connectivity index (χ1n) is 16.8. The van der Waals surface area contributed by atoms with Gasteiger partial charge in [-0.1, -0.05) is 35.7 Å². The van der Waals surface area contributed by atoms with Crippen molar-refractivity contribution in [2.45, 2.75) is 57.3 Å². The van der Waals surface area contributed by atoms with E-state index in [1.165, 1.54) is 70.9 Å². The van der Waals surface area contributed by atoms with Crippen LogP contribution in [0.3, 0.4) is 0 Å². The number of piperidine rings is 1. The van der Waals surface area contributed by atoms with Gasteiger partial charge in [0.1, 0.15) is 5.92 Å². The Morgan fingerprint density at radius 3 is 2.17 bits per heavy atom. The molecule has 4 heterocycles. The highest BCUT2D eigenvalue weighted by Crippen LogP contribution is 2.46. The number of carbonyl (C=O) groups excluding carboxylic acids is 3. The van der Waals surface area contributed by atoms with Crippen LogP contribution < -0.4 is 0 Å². The summed E-state index contributed by atoms with van der Waals surface area (Å²) in [7, 11) is 2.56. The molecule has 3 aliphatic rings. The number of rotatable bonds is 13. The number of ether oxygens (including phenoxy) is 2. The third-order valence-corrected chi connectivity index (χ3v) is 11.0. The minimum absolute atomic E-state index is 0.0848. The summed E-state index contributed by atoms with van der Waals surface area (Å²) in [5.41, 5.74) is 1.20. The second-order valence-corrected chi connectivity index (χ2v) is 14.3. The van der Waals surface area contributed by atoms with Gasteiger partial charge in [0, 0.05) is 65.9 Å². The number of hydrogen-bond acceptors (Lipinski definition) is 10. The Kier molecular flexibility index (Phi) is 13.5. The minimum atomic E-state index is -1.02. The fourth-order valence-corrected chi connectivity index (χ4v) is 8.25. The first-order chi connectivity index (χ1) is 23.3. The smallest absolute Gasteiger partial charge is 0.336 e. The zero-order chi connectivity index (χ0) is 34.0. The molecule has 0 bridgehead atoms. The Balaban J connectivity index is 1.36. The highest BCUT2D eigenvalue weighted by molar-refractivity contribution is 7.09. The van der Waals surface area contributed by atoms with Gasteiger partial charge >= 0.3 is 11.9 Å². The summed E-state index contributed by atoms with van der Waals surface area (Å²) in [5, 5.41) is 3.32. The number of thiazole rings is 1. The van der Waals surface area contributed by atoms with Crippen LogP contribution in [0, 0.1) is 5.92 Å². The van der Waals surface area contributed by atoms with Gasteiger partial charge in [-0.3, -0.25) is 19.5 Å². The largest absolute Gasteiger partial charge is 0.468 e. The number of hydrogen-bond donors (Lipinski definition) is 0. The number of methoxy groups -OCH3 is 2. The number of esters is 2. The molecular weight excluding hydrogens is 673 g/mol. The number of likely N-dealkylation sites (tertiary alicyclic amines) is 1. The van der Waals surface area contributed by atoms with Gasteiger partial charge in [-0.15, -0.1) is 11.3 Å². The average molecular weight is 719 g/mol. The van der Waals surface area contributed by atoms with E-state index in [0.717, 1.165) is 31.1 Å². The molecule has 3 aliphatic heterocycles. The fraction of sp³-hybridized carbons (Fsp3) is 0.571. The Bertz CT molecular complexity index is 1470. The monoisotopic (exact) mass is 717 g/mol. The van der Waals surface area contributed by atoms with E-state index in [4.69, 9.17) is 37.7 Å². The molecule has 10 nitrogen and oxygen atoms in total. The van der Waals surface area contributed by atoms with Crippen molar-refractivity contribution < 1.29 is 23.9 Å². The Hall–Kier alpha value is -2.83. The Labute approximate surface area is 297 Å². The van der Waals surface area contributed by atoms with Gasteiger partial charge in [-0.2, -0.15) is 0 Å². The van der Waals surface area contributed by atoms with Gasteiger partial charge in [0.15, 0.2) is 0 Å². The molecule has 2 saturated heterocycles. The summed E-state index contributed by atoms with van der Waals surface area (Å²) in [6.45, 7) is 7.42. The molecule has 2 unspecified atom stereocenters. The molecule has 1 aromatic carbocycles. The van der Waals surface area contributed by atoms with Crippen molar-refractivity contribution in [3.05, 3.63) is 61.7 Å². The molecule has 2 aromatic rings. The van der Waals surface area contributed by atoms with E-state index in [0.29, 0.717) is 37.2 Å². The highest BCUT2D eigenvalue weighted by atomic mass is 35.5. The minimum Gasteiger partial charge on any atom is -0.468 e. The van der Waals surface area contributed by atoms with Crippen molar-refractivity contribution in [1.29, 1.82) is 0 Å². The summed E-state index contributed by atoms with van der Waals surface area (Å²) < 4.78 is 10.5. The topological polar surface area (TPSA) is 105 Å². The lowest BCUT2D eigenvalue weighted by Crippen LogP contribution is -2.49. The van der Waals surface area contributed by atoms with Gasteiger partial charge in [0.2, 0.25) is 5.91 Å². The molecule has 2 fully saturated rings. The molecule has 0 saturated carbocycles. The van der Waals surface area contributed by atoms with E-state index < -0.39 is 23.8 Å². The molecular formula is C35H45Cl2N5O5S. The standard InChI is InChI=1S/C35H45Cl2N5O5S/c1-46-34(44)31-26(11-12-28-38-13-22-48-28)39-27(32(35(45)47-2)33(31)30-24(36)9-8-10-25(30)37)23-29(43)42-20-18-41(19-21-42)17-7-6-16-40-14-4-3-5-15-40/h8-10,13,22,31,33H,3-7,11-12,14-21,23H2,1-2H3. The molecule has 0 aliphatic carbocycles. The maximum Gasteiger partial charge on any atom is 0.336 e. The van der Waals surface area contributed by atoms with Crippen LogP contribution in [0.2, 0.25) is 10.0 Å². The number of halogens is 2. The summed E-state index contributed by atoms with van der Waals surface area (Å²) in [5.74, 6) is -3.42. The molecule has 0 N–H and O–H groups in total. The van der Waals surface area contributed by atoms with E-state index >= 15 is 0 Å². The predicted octanol–water partition coefficient (Wildman–Crippen LogP) is 5.64. The van der Waals surface area contributed by atoms with Crippen molar-refractivity contribution in [3.8, 4) is 0 Å². The van der Waals surface area contributed by atoms with Crippen molar-refractivity contribution >= 4 is 58.1 Å². The maximum atomic E-state index is 13.9. The molecule has 260 valence electrons. The number of amides is 1. The molecule has 1 amide bonds. The van der Waals surface area contributed by atoms with Crippen molar-refractivity contribution in [3.63, 3.8) is 0 Å². The van der Waals surface area contributed by atoms with Crippen molar-refractivity contribution in [1.82, 2.24) is 19.7 Å². The summed E-state index contributed by atoms with van der Waals surface area (Å²) in [4.78, 5) is 57.1. The molecule has 0 radical (unpaired) electrons. The zero-order valence-electron chi connectivity index (χ0n) is 27.8.